The molecule has 0 aliphatic carbocycles. The minimum atomic E-state index is -1.32. The largest absolute Gasteiger partial charge is 0.435 e. The van der Waals surface area contributed by atoms with Crippen molar-refractivity contribution in [1.29, 1.82) is 0 Å². The van der Waals surface area contributed by atoms with Gasteiger partial charge in [0, 0.05) is 0 Å². The first-order valence-corrected chi connectivity index (χ1v) is 12.3. The minimum Gasteiger partial charge on any atom is -0.435 e. The lowest BCUT2D eigenvalue weighted by Crippen LogP contribution is -2.20. The van der Waals surface area contributed by atoms with E-state index in [9.17, 15) is 0 Å². The third-order valence-electron chi connectivity index (χ3n) is 6.36. The van der Waals surface area contributed by atoms with Gasteiger partial charge in [-0.2, -0.15) is 0 Å². The fraction of sp³-hybridized carbons (Fsp3) is 0.357. The van der Waals surface area contributed by atoms with Crippen LogP contribution < -0.4 is 14.4 Å². The molecule has 0 aromatic heterocycles. The zero-order valence-corrected chi connectivity index (χ0v) is 20.8. The molecule has 0 saturated heterocycles. The lowest BCUT2D eigenvalue weighted by molar-refractivity contribution is 0.439. The predicted octanol–water partition coefficient (Wildman–Crippen LogP) is 8.09. The standard InChI is InChI=1S/C28H35O2P/c1-8-28(7,9-2)24-12-14-25(15-13-24)31(29-26-16-10-20(3)18-22(26)5)30-27-17-11-21(4)19-23(27)6/h10-19H,8-9H2,1-7H3. The molecule has 0 bridgehead atoms. The average Bonchev–Trinajstić information content (AvgIpc) is 2.76. The summed E-state index contributed by atoms with van der Waals surface area (Å²) in [5.41, 5.74) is 6.27. The van der Waals surface area contributed by atoms with Crippen molar-refractivity contribution in [2.24, 2.45) is 0 Å². The molecule has 0 atom stereocenters. The number of rotatable bonds is 8. The number of aryl methyl sites for hydroxylation is 4. The Morgan fingerprint density at radius 2 is 1.13 bits per heavy atom. The van der Waals surface area contributed by atoms with Crippen LogP contribution in [-0.2, 0) is 5.41 Å². The summed E-state index contributed by atoms with van der Waals surface area (Å²) < 4.78 is 13.0. The number of hydrogen-bond acceptors (Lipinski definition) is 2. The van der Waals surface area contributed by atoms with Gasteiger partial charge >= 0.3 is 8.38 Å². The normalized spacial score (nSPS) is 11.6. The first-order chi connectivity index (χ1) is 14.8. The molecule has 0 N–H and O–H groups in total. The SMILES string of the molecule is CCC(C)(CC)c1ccc(P(Oc2ccc(C)cc2C)Oc2ccc(C)cc2C)cc1. The van der Waals surface area contributed by atoms with Gasteiger partial charge in [0.2, 0.25) is 0 Å². The highest BCUT2D eigenvalue weighted by molar-refractivity contribution is 7.56. The Balaban J connectivity index is 1.96. The Labute approximate surface area is 189 Å². The van der Waals surface area contributed by atoms with Crippen LogP contribution in [0.25, 0.3) is 0 Å². The van der Waals surface area contributed by atoms with Crippen LogP contribution in [-0.4, -0.2) is 0 Å². The molecule has 0 amide bonds. The van der Waals surface area contributed by atoms with Crippen molar-refractivity contribution in [1.82, 2.24) is 0 Å². The van der Waals surface area contributed by atoms with Crippen LogP contribution in [0.3, 0.4) is 0 Å². The summed E-state index contributed by atoms with van der Waals surface area (Å²) in [6.07, 6.45) is 2.24. The van der Waals surface area contributed by atoms with Gasteiger partial charge in [-0.3, -0.25) is 0 Å². The monoisotopic (exact) mass is 434 g/mol. The van der Waals surface area contributed by atoms with Crippen molar-refractivity contribution in [3.8, 4) is 11.5 Å². The molecule has 2 nitrogen and oxygen atoms in total. The van der Waals surface area contributed by atoms with Gasteiger partial charge in [-0.05, 0) is 86.9 Å². The third kappa shape index (κ3) is 5.49. The van der Waals surface area contributed by atoms with Gasteiger partial charge < -0.3 is 9.05 Å². The maximum Gasteiger partial charge on any atom is 0.326 e. The average molecular weight is 435 g/mol. The maximum absolute atomic E-state index is 6.50. The van der Waals surface area contributed by atoms with Gasteiger partial charge in [0.15, 0.2) is 0 Å². The molecular weight excluding hydrogens is 399 g/mol. The fourth-order valence-corrected chi connectivity index (χ4v) is 5.16. The van der Waals surface area contributed by atoms with Gasteiger partial charge in [0.25, 0.3) is 0 Å². The van der Waals surface area contributed by atoms with Gasteiger partial charge in [-0.25, -0.2) is 0 Å². The Morgan fingerprint density at radius 1 is 0.677 bits per heavy atom. The predicted molar refractivity (Wildman–Crippen MR) is 134 cm³/mol. The Morgan fingerprint density at radius 3 is 1.52 bits per heavy atom. The van der Waals surface area contributed by atoms with Gasteiger partial charge in [-0.15, -0.1) is 0 Å². The van der Waals surface area contributed by atoms with Crippen molar-refractivity contribution >= 4 is 13.7 Å². The topological polar surface area (TPSA) is 18.5 Å². The van der Waals surface area contributed by atoms with E-state index < -0.39 is 8.38 Å². The van der Waals surface area contributed by atoms with Crippen LogP contribution in [0.15, 0.2) is 60.7 Å². The third-order valence-corrected chi connectivity index (χ3v) is 7.80. The van der Waals surface area contributed by atoms with Crippen LogP contribution in [0.1, 0.15) is 61.4 Å². The molecule has 0 aliphatic heterocycles. The van der Waals surface area contributed by atoms with E-state index in [1.807, 2.05) is 12.1 Å². The van der Waals surface area contributed by atoms with Crippen molar-refractivity contribution < 1.29 is 9.05 Å². The van der Waals surface area contributed by atoms with E-state index >= 15 is 0 Å². The van der Waals surface area contributed by atoms with Crippen LogP contribution in [0.2, 0.25) is 0 Å². The Kier molecular flexibility index (Phi) is 7.44. The van der Waals surface area contributed by atoms with E-state index in [1.165, 1.54) is 16.7 Å². The summed E-state index contributed by atoms with van der Waals surface area (Å²) in [6.45, 7) is 15.2. The molecule has 3 aromatic carbocycles. The van der Waals surface area contributed by atoms with E-state index in [0.29, 0.717) is 0 Å². The van der Waals surface area contributed by atoms with Gasteiger partial charge in [-0.1, -0.05) is 68.3 Å². The molecule has 164 valence electrons. The summed E-state index contributed by atoms with van der Waals surface area (Å²) in [5.74, 6) is 1.75. The molecule has 0 aliphatic rings. The van der Waals surface area contributed by atoms with Gasteiger partial charge in [0.1, 0.15) is 11.5 Å². The molecule has 0 radical (unpaired) electrons. The van der Waals surface area contributed by atoms with E-state index in [1.54, 1.807) is 0 Å². The first kappa shape index (κ1) is 23.4. The van der Waals surface area contributed by atoms with Crippen molar-refractivity contribution in [2.45, 2.75) is 66.7 Å². The zero-order valence-electron chi connectivity index (χ0n) is 20.0. The highest BCUT2D eigenvalue weighted by Crippen LogP contribution is 2.42. The summed E-state index contributed by atoms with van der Waals surface area (Å²) in [4.78, 5) is 0. The fourth-order valence-electron chi connectivity index (χ4n) is 3.75. The lowest BCUT2D eigenvalue weighted by atomic mass is 9.78. The molecule has 0 fully saturated rings. The van der Waals surface area contributed by atoms with Crippen molar-refractivity contribution in [3.63, 3.8) is 0 Å². The van der Waals surface area contributed by atoms with Crippen LogP contribution >= 0.6 is 8.38 Å². The summed E-state index contributed by atoms with van der Waals surface area (Å²) in [5, 5.41) is 1.08. The van der Waals surface area contributed by atoms with E-state index in [2.05, 4.69) is 97.0 Å². The smallest absolute Gasteiger partial charge is 0.326 e. The molecule has 3 heteroatoms. The van der Waals surface area contributed by atoms with Crippen molar-refractivity contribution in [2.75, 3.05) is 0 Å². The quantitative estimate of drug-likeness (QED) is 0.334. The summed E-state index contributed by atoms with van der Waals surface area (Å²) in [7, 11) is -1.32. The lowest BCUT2D eigenvalue weighted by Gasteiger charge is -2.28. The first-order valence-electron chi connectivity index (χ1n) is 11.2. The molecule has 0 spiro atoms. The van der Waals surface area contributed by atoms with E-state index in [-0.39, 0.29) is 5.41 Å². The Bertz CT molecular complexity index is 966. The highest BCUT2D eigenvalue weighted by Gasteiger charge is 2.24. The van der Waals surface area contributed by atoms with Crippen molar-refractivity contribution in [3.05, 3.63) is 88.5 Å². The minimum absolute atomic E-state index is 0.199. The second-order valence-electron chi connectivity index (χ2n) is 8.79. The number of hydrogen-bond donors (Lipinski definition) is 0. The maximum atomic E-state index is 6.50. The zero-order chi connectivity index (χ0) is 22.6. The second-order valence-corrected chi connectivity index (χ2v) is 10.2. The Hall–Kier alpha value is -2.31. The summed E-state index contributed by atoms with van der Waals surface area (Å²) >= 11 is 0. The van der Waals surface area contributed by atoms with Crippen LogP contribution in [0.4, 0.5) is 0 Å². The van der Waals surface area contributed by atoms with Crippen LogP contribution in [0.5, 0.6) is 11.5 Å². The van der Waals surface area contributed by atoms with E-state index in [0.717, 1.165) is 40.8 Å². The summed E-state index contributed by atoms with van der Waals surface area (Å²) in [6, 6.07) is 21.4. The van der Waals surface area contributed by atoms with Gasteiger partial charge in [0.05, 0.1) is 5.30 Å². The molecular formula is C28H35O2P. The molecule has 3 rings (SSSR count). The molecule has 0 heterocycles. The van der Waals surface area contributed by atoms with E-state index in [4.69, 9.17) is 9.05 Å². The molecule has 31 heavy (non-hydrogen) atoms. The molecule has 0 unspecified atom stereocenters. The molecule has 0 saturated carbocycles. The second kappa shape index (κ2) is 9.88. The van der Waals surface area contributed by atoms with Crippen LogP contribution in [0, 0.1) is 27.7 Å². The number of benzene rings is 3. The highest BCUT2D eigenvalue weighted by atomic mass is 31.2. The molecule has 3 aromatic rings.